The Morgan fingerprint density at radius 3 is 2.79 bits per heavy atom. The highest BCUT2D eigenvalue weighted by molar-refractivity contribution is 5.84. The molecule has 5 rings (SSSR count). The number of fused-ring (bicyclic) bond motifs is 3. The molecule has 0 N–H and O–H groups in total. The van der Waals surface area contributed by atoms with Gasteiger partial charge in [-0.05, 0) is 85.4 Å². The predicted molar refractivity (Wildman–Crippen MR) is 114 cm³/mol. The largest absolute Gasteiger partial charge is 0.497 e. The van der Waals surface area contributed by atoms with Crippen LogP contribution in [0.2, 0.25) is 0 Å². The molecule has 5 atom stereocenters. The molecule has 3 heteroatoms. The molecule has 0 aliphatic carbocycles. The highest BCUT2D eigenvalue weighted by atomic mass is 16.5. The summed E-state index contributed by atoms with van der Waals surface area (Å²) in [5, 5.41) is 2.58. The zero-order valence-corrected chi connectivity index (χ0v) is 17.3. The van der Waals surface area contributed by atoms with Crippen molar-refractivity contribution in [3.63, 3.8) is 0 Å². The topological polar surface area (TPSA) is 21.7 Å². The summed E-state index contributed by atoms with van der Waals surface area (Å²) >= 11 is 0. The van der Waals surface area contributed by atoms with Crippen molar-refractivity contribution in [2.24, 2.45) is 11.8 Å². The lowest BCUT2D eigenvalue weighted by Gasteiger charge is -2.42. The van der Waals surface area contributed by atoms with Gasteiger partial charge in [-0.15, -0.1) is 0 Å². The maximum Gasteiger partial charge on any atom is 0.119 e. The average Bonchev–Trinajstić information content (AvgIpc) is 2.98. The Labute approximate surface area is 169 Å². The standard InChI is InChI=1S/C25H33NO2/c1-17-10-24-14-22(15-25(17)28-24)26-9-3-4-19(16-26)11-18-5-6-21-13-23(27-2)8-7-20(21)12-18/h5-8,12-13,17,19,22,24-25H,3-4,9-11,14-16H2,1-2H3. The smallest absolute Gasteiger partial charge is 0.119 e. The number of piperidine rings is 1. The third-order valence-electron chi connectivity index (χ3n) is 7.38. The molecule has 2 aromatic carbocycles. The summed E-state index contributed by atoms with van der Waals surface area (Å²) in [5.74, 6) is 2.47. The van der Waals surface area contributed by atoms with Gasteiger partial charge in [-0.1, -0.05) is 31.2 Å². The first-order valence-electron chi connectivity index (χ1n) is 11.1. The highest BCUT2D eigenvalue weighted by Crippen LogP contribution is 2.39. The normalized spacial score (nSPS) is 33.3. The van der Waals surface area contributed by atoms with Gasteiger partial charge >= 0.3 is 0 Å². The Morgan fingerprint density at radius 2 is 1.93 bits per heavy atom. The molecular weight excluding hydrogens is 346 g/mol. The lowest BCUT2D eigenvalue weighted by molar-refractivity contribution is -0.0500. The Balaban J connectivity index is 1.25. The summed E-state index contributed by atoms with van der Waals surface area (Å²) in [7, 11) is 1.73. The fraction of sp³-hybridized carbons (Fsp3) is 0.600. The van der Waals surface area contributed by atoms with Crippen molar-refractivity contribution in [3.8, 4) is 5.75 Å². The number of methoxy groups -OCH3 is 1. The summed E-state index contributed by atoms with van der Waals surface area (Å²) in [6.45, 7) is 4.92. The third-order valence-corrected chi connectivity index (χ3v) is 7.38. The zero-order valence-electron chi connectivity index (χ0n) is 17.3. The Hall–Kier alpha value is -1.58. The maximum atomic E-state index is 6.17. The van der Waals surface area contributed by atoms with E-state index in [0.29, 0.717) is 12.2 Å². The second kappa shape index (κ2) is 7.68. The SMILES string of the molecule is COc1ccc2cc(CC3CCCN(C4CC5CC(C)C(C4)O5)C3)ccc2c1. The second-order valence-corrected chi connectivity index (χ2v) is 9.39. The van der Waals surface area contributed by atoms with Crippen molar-refractivity contribution in [3.05, 3.63) is 42.0 Å². The summed E-state index contributed by atoms with van der Waals surface area (Å²) in [6, 6.07) is 14.1. The van der Waals surface area contributed by atoms with Crippen LogP contribution in [0.3, 0.4) is 0 Å². The molecule has 3 aliphatic heterocycles. The van der Waals surface area contributed by atoms with Crippen LogP contribution >= 0.6 is 0 Å². The van der Waals surface area contributed by atoms with Gasteiger partial charge in [0.05, 0.1) is 19.3 Å². The summed E-state index contributed by atoms with van der Waals surface area (Å²) in [5.41, 5.74) is 1.48. The molecule has 3 saturated heterocycles. The second-order valence-electron chi connectivity index (χ2n) is 9.39. The van der Waals surface area contributed by atoms with Crippen LogP contribution in [-0.2, 0) is 11.2 Å². The first-order chi connectivity index (χ1) is 13.7. The van der Waals surface area contributed by atoms with E-state index < -0.39 is 0 Å². The van der Waals surface area contributed by atoms with E-state index in [1.165, 1.54) is 68.0 Å². The van der Waals surface area contributed by atoms with Crippen LogP contribution in [0.1, 0.15) is 44.6 Å². The lowest BCUT2D eigenvalue weighted by Crippen LogP contribution is -2.47. The first-order valence-corrected chi connectivity index (χ1v) is 11.1. The Kier molecular flexibility index (Phi) is 5.06. The van der Waals surface area contributed by atoms with Gasteiger partial charge in [-0.25, -0.2) is 0 Å². The van der Waals surface area contributed by atoms with Crippen molar-refractivity contribution in [1.29, 1.82) is 0 Å². The molecule has 5 unspecified atom stereocenters. The van der Waals surface area contributed by atoms with Gasteiger partial charge in [0.15, 0.2) is 0 Å². The van der Waals surface area contributed by atoms with E-state index in [1.54, 1.807) is 7.11 Å². The molecule has 0 saturated carbocycles. The molecule has 3 heterocycles. The lowest BCUT2D eigenvalue weighted by atomic mass is 9.88. The molecule has 150 valence electrons. The first kappa shape index (κ1) is 18.4. The number of nitrogens with zero attached hydrogens (tertiary/aromatic N) is 1. The van der Waals surface area contributed by atoms with Crippen LogP contribution in [0.15, 0.2) is 36.4 Å². The molecule has 0 radical (unpaired) electrons. The van der Waals surface area contributed by atoms with Crippen LogP contribution in [0.4, 0.5) is 0 Å². The van der Waals surface area contributed by atoms with E-state index >= 15 is 0 Å². The van der Waals surface area contributed by atoms with Gasteiger partial charge in [0.1, 0.15) is 5.75 Å². The van der Waals surface area contributed by atoms with Gasteiger partial charge in [-0.2, -0.15) is 0 Å². The summed E-state index contributed by atoms with van der Waals surface area (Å²) in [6.07, 6.45) is 8.73. The number of benzene rings is 2. The van der Waals surface area contributed by atoms with Crippen LogP contribution < -0.4 is 4.74 Å². The third kappa shape index (κ3) is 3.67. The number of hydrogen-bond donors (Lipinski definition) is 0. The van der Waals surface area contributed by atoms with Gasteiger partial charge in [0.25, 0.3) is 0 Å². The summed E-state index contributed by atoms with van der Waals surface area (Å²) in [4.78, 5) is 2.81. The fourth-order valence-electron chi connectivity index (χ4n) is 5.87. The molecule has 3 nitrogen and oxygen atoms in total. The number of likely N-dealkylation sites (tertiary alicyclic amines) is 1. The van der Waals surface area contributed by atoms with Crippen molar-refractivity contribution in [1.82, 2.24) is 4.90 Å². The number of hydrogen-bond acceptors (Lipinski definition) is 3. The number of ether oxygens (including phenoxy) is 2. The van der Waals surface area contributed by atoms with E-state index in [-0.39, 0.29) is 0 Å². The molecule has 3 fully saturated rings. The van der Waals surface area contributed by atoms with Crippen LogP contribution in [0.5, 0.6) is 5.75 Å². The van der Waals surface area contributed by atoms with Crippen LogP contribution in [-0.4, -0.2) is 43.3 Å². The number of rotatable bonds is 4. The molecule has 2 aromatic rings. The quantitative estimate of drug-likeness (QED) is 0.741. The van der Waals surface area contributed by atoms with Crippen molar-refractivity contribution >= 4 is 10.8 Å². The van der Waals surface area contributed by atoms with E-state index in [2.05, 4.69) is 48.2 Å². The van der Waals surface area contributed by atoms with Crippen molar-refractivity contribution in [2.75, 3.05) is 20.2 Å². The molecule has 28 heavy (non-hydrogen) atoms. The maximum absolute atomic E-state index is 6.17. The zero-order chi connectivity index (χ0) is 19.1. The fourth-order valence-corrected chi connectivity index (χ4v) is 5.87. The van der Waals surface area contributed by atoms with Gasteiger partial charge in [-0.3, -0.25) is 4.90 Å². The van der Waals surface area contributed by atoms with Gasteiger partial charge in [0.2, 0.25) is 0 Å². The molecule has 3 aliphatic rings. The summed E-state index contributed by atoms with van der Waals surface area (Å²) < 4.78 is 11.5. The highest BCUT2D eigenvalue weighted by Gasteiger charge is 2.42. The van der Waals surface area contributed by atoms with Crippen LogP contribution in [0.25, 0.3) is 10.8 Å². The monoisotopic (exact) mass is 379 g/mol. The van der Waals surface area contributed by atoms with Gasteiger partial charge < -0.3 is 9.47 Å². The Bertz CT molecular complexity index is 832. The predicted octanol–water partition coefficient (Wildman–Crippen LogP) is 5.06. The minimum Gasteiger partial charge on any atom is -0.497 e. The molecule has 2 bridgehead atoms. The Morgan fingerprint density at radius 1 is 1.07 bits per heavy atom. The van der Waals surface area contributed by atoms with E-state index in [1.807, 2.05) is 0 Å². The molecule has 0 spiro atoms. The minimum atomic E-state index is 0.515. The van der Waals surface area contributed by atoms with E-state index in [9.17, 15) is 0 Å². The molecule has 0 amide bonds. The van der Waals surface area contributed by atoms with Gasteiger partial charge in [0, 0.05) is 12.6 Å². The van der Waals surface area contributed by atoms with E-state index in [0.717, 1.165) is 23.6 Å². The van der Waals surface area contributed by atoms with E-state index in [4.69, 9.17) is 9.47 Å². The van der Waals surface area contributed by atoms with Crippen LogP contribution in [0, 0.1) is 11.8 Å². The molecule has 0 aromatic heterocycles. The van der Waals surface area contributed by atoms with Crippen molar-refractivity contribution in [2.45, 2.75) is 63.7 Å². The minimum absolute atomic E-state index is 0.515. The van der Waals surface area contributed by atoms with Crippen molar-refractivity contribution < 1.29 is 9.47 Å². The average molecular weight is 380 g/mol. The molecular formula is C25H33NO2.